The summed E-state index contributed by atoms with van der Waals surface area (Å²) in [6.45, 7) is 5.96. The first-order valence-electron chi connectivity index (χ1n) is 11.5. The maximum atomic E-state index is 13.4. The first-order valence-corrected chi connectivity index (χ1v) is 12.2. The lowest BCUT2D eigenvalue weighted by atomic mass is 9.65. The molecular formula is C27H31Cl2NO2. The number of nitrogens with one attached hydrogen (secondary N) is 1. The minimum Gasteiger partial charge on any atom is -0.385 e. The Morgan fingerprint density at radius 2 is 1.91 bits per heavy atom. The van der Waals surface area contributed by atoms with Gasteiger partial charge in [0.2, 0.25) is 5.91 Å². The van der Waals surface area contributed by atoms with Gasteiger partial charge < -0.3 is 10.4 Å². The van der Waals surface area contributed by atoms with Crippen LogP contribution >= 0.6 is 23.2 Å². The van der Waals surface area contributed by atoms with Gasteiger partial charge in [-0.05, 0) is 73.4 Å². The standard InChI is InChI=1S/C27H31Cl2NO2/c1-3-14-26(4-2)16-23(18-6-5-7-22(29)15-18)24(30-25(26)31)17-27(32,19-8-9-19)20-10-12-21(28)13-11-20/h3,5-7,10-13,15,19,23-24,32H,1,4,8-9,14,16-17H2,2H3,(H,30,31)/t23-,24+,26+,27+/m1/s1. The summed E-state index contributed by atoms with van der Waals surface area (Å²) in [7, 11) is 0. The van der Waals surface area contributed by atoms with Crippen LogP contribution in [0.1, 0.15) is 62.5 Å². The number of amides is 1. The van der Waals surface area contributed by atoms with E-state index in [-0.39, 0.29) is 23.8 Å². The molecule has 32 heavy (non-hydrogen) atoms. The first kappa shape index (κ1) is 23.4. The van der Waals surface area contributed by atoms with Crippen LogP contribution in [-0.4, -0.2) is 17.1 Å². The van der Waals surface area contributed by atoms with Gasteiger partial charge in [0.05, 0.1) is 11.0 Å². The van der Waals surface area contributed by atoms with Crippen molar-refractivity contribution >= 4 is 29.1 Å². The number of piperidine rings is 1. The molecule has 2 aromatic carbocycles. The van der Waals surface area contributed by atoms with Gasteiger partial charge in [-0.3, -0.25) is 4.79 Å². The van der Waals surface area contributed by atoms with Crippen LogP contribution < -0.4 is 5.32 Å². The zero-order valence-corrected chi connectivity index (χ0v) is 20.0. The van der Waals surface area contributed by atoms with E-state index >= 15 is 0 Å². The SMILES string of the molecule is C=CC[C@@]1(CC)C[C@H](c2cccc(Cl)c2)[C@H](C[C@@](O)(c2ccc(Cl)cc2)C2CC2)NC1=O. The van der Waals surface area contributed by atoms with Crippen molar-refractivity contribution in [3.63, 3.8) is 0 Å². The van der Waals surface area contributed by atoms with Crippen molar-refractivity contribution in [2.24, 2.45) is 11.3 Å². The van der Waals surface area contributed by atoms with E-state index in [2.05, 4.69) is 24.9 Å². The molecule has 1 saturated carbocycles. The molecule has 1 heterocycles. The summed E-state index contributed by atoms with van der Waals surface area (Å²) in [6, 6.07) is 15.2. The van der Waals surface area contributed by atoms with Crippen LogP contribution in [0.4, 0.5) is 0 Å². The smallest absolute Gasteiger partial charge is 0.226 e. The number of carbonyl (C=O) groups is 1. The van der Waals surface area contributed by atoms with Crippen molar-refractivity contribution < 1.29 is 9.90 Å². The molecule has 0 bridgehead atoms. The molecule has 0 unspecified atom stereocenters. The van der Waals surface area contributed by atoms with Crippen LogP contribution in [0.3, 0.4) is 0 Å². The van der Waals surface area contributed by atoms with Gasteiger partial charge in [-0.1, -0.05) is 60.5 Å². The van der Waals surface area contributed by atoms with E-state index in [1.165, 1.54) is 0 Å². The molecule has 5 heteroatoms. The van der Waals surface area contributed by atoms with E-state index in [0.717, 1.165) is 30.4 Å². The molecule has 1 amide bonds. The fourth-order valence-corrected chi connectivity index (χ4v) is 5.74. The van der Waals surface area contributed by atoms with Crippen LogP contribution in [0.25, 0.3) is 0 Å². The van der Waals surface area contributed by atoms with Crippen LogP contribution in [0.5, 0.6) is 0 Å². The molecule has 2 aliphatic rings. The van der Waals surface area contributed by atoms with Gasteiger partial charge in [0.1, 0.15) is 0 Å². The number of rotatable bonds is 8. The van der Waals surface area contributed by atoms with Crippen LogP contribution in [-0.2, 0) is 10.4 Å². The van der Waals surface area contributed by atoms with Gasteiger partial charge in [-0.25, -0.2) is 0 Å². The lowest BCUT2D eigenvalue weighted by molar-refractivity contribution is -0.137. The lowest BCUT2D eigenvalue weighted by Crippen LogP contribution is -2.56. The average molecular weight is 472 g/mol. The highest BCUT2D eigenvalue weighted by Crippen LogP contribution is 2.52. The Labute approximate surface area is 200 Å². The molecule has 1 aliphatic heterocycles. The summed E-state index contributed by atoms with van der Waals surface area (Å²) in [4.78, 5) is 13.4. The Morgan fingerprint density at radius 3 is 2.50 bits per heavy atom. The Balaban J connectivity index is 1.72. The molecule has 170 valence electrons. The van der Waals surface area contributed by atoms with Crippen molar-refractivity contribution in [3.8, 4) is 0 Å². The van der Waals surface area contributed by atoms with Crippen LogP contribution in [0.2, 0.25) is 10.0 Å². The summed E-state index contributed by atoms with van der Waals surface area (Å²) >= 11 is 12.4. The van der Waals surface area contributed by atoms with Gasteiger partial charge in [0.15, 0.2) is 0 Å². The fourth-order valence-electron chi connectivity index (χ4n) is 5.42. The second kappa shape index (κ2) is 9.21. The van der Waals surface area contributed by atoms with Gasteiger partial charge in [0, 0.05) is 28.4 Å². The van der Waals surface area contributed by atoms with E-state index in [4.69, 9.17) is 23.2 Å². The number of allylic oxidation sites excluding steroid dienone is 1. The van der Waals surface area contributed by atoms with Crippen molar-refractivity contribution in [2.45, 2.75) is 63.0 Å². The number of carbonyl (C=O) groups excluding carboxylic acids is 1. The lowest BCUT2D eigenvalue weighted by Gasteiger charge is -2.46. The second-order valence-corrected chi connectivity index (χ2v) is 10.4. The predicted molar refractivity (Wildman–Crippen MR) is 131 cm³/mol. The molecular weight excluding hydrogens is 441 g/mol. The summed E-state index contributed by atoms with van der Waals surface area (Å²) in [5, 5.41) is 16.6. The van der Waals surface area contributed by atoms with Crippen LogP contribution in [0, 0.1) is 11.3 Å². The summed E-state index contributed by atoms with van der Waals surface area (Å²) < 4.78 is 0. The first-order chi connectivity index (χ1) is 15.3. The molecule has 4 rings (SSSR count). The van der Waals surface area contributed by atoms with Gasteiger partial charge >= 0.3 is 0 Å². The fraction of sp³-hybridized carbons (Fsp3) is 0.444. The minimum absolute atomic E-state index is 0.0453. The molecule has 0 radical (unpaired) electrons. The molecule has 1 aliphatic carbocycles. The maximum Gasteiger partial charge on any atom is 0.226 e. The Hall–Kier alpha value is -1.81. The average Bonchev–Trinajstić information content (AvgIpc) is 3.62. The minimum atomic E-state index is -1.01. The molecule has 4 atom stereocenters. The summed E-state index contributed by atoms with van der Waals surface area (Å²) in [6.07, 6.45) is 6.33. The molecule has 2 aromatic rings. The molecule has 0 aromatic heterocycles. The highest BCUT2D eigenvalue weighted by Gasteiger charge is 2.51. The molecule has 2 fully saturated rings. The number of hydrogen-bond donors (Lipinski definition) is 2. The Kier molecular flexibility index (Phi) is 6.72. The third-order valence-corrected chi connectivity index (χ3v) is 8.00. The monoisotopic (exact) mass is 471 g/mol. The summed E-state index contributed by atoms with van der Waals surface area (Å²) in [5.74, 6) is 0.285. The van der Waals surface area contributed by atoms with E-state index in [9.17, 15) is 9.90 Å². The zero-order valence-electron chi connectivity index (χ0n) is 18.5. The van der Waals surface area contributed by atoms with Crippen molar-refractivity contribution in [1.82, 2.24) is 5.32 Å². The molecule has 1 saturated heterocycles. The van der Waals surface area contributed by atoms with Crippen molar-refractivity contribution in [2.75, 3.05) is 0 Å². The quantitative estimate of drug-likeness (QED) is 0.424. The van der Waals surface area contributed by atoms with E-state index in [1.54, 1.807) is 0 Å². The van der Waals surface area contributed by atoms with Crippen LogP contribution in [0.15, 0.2) is 61.2 Å². The Bertz CT molecular complexity index is 987. The molecule has 2 N–H and O–H groups in total. The highest BCUT2D eigenvalue weighted by molar-refractivity contribution is 6.30. The summed E-state index contributed by atoms with van der Waals surface area (Å²) in [5.41, 5.74) is 0.452. The predicted octanol–water partition coefficient (Wildman–Crippen LogP) is 6.63. The second-order valence-electron chi connectivity index (χ2n) is 9.48. The van der Waals surface area contributed by atoms with Gasteiger partial charge in [-0.2, -0.15) is 0 Å². The number of hydrogen-bond acceptors (Lipinski definition) is 2. The number of halogens is 2. The molecule has 0 spiro atoms. The third kappa shape index (κ3) is 4.48. The van der Waals surface area contributed by atoms with E-state index in [1.807, 2.05) is 48.5 Å². The van der Waals surface area contributed by atoms with E-state index in [0.29, 0.717) is 29.3 Å². The molecule has 3 nitrogen and oxygen atoms in total. The third-order valence-electron chi connectivity index (χ3n) is 7.51. The van der Waals surface area contributed by atoms with Gasteiger partial charge in [-0.15, -0.1) is 6.58 Å². The Morgan fingerprint density at radius 1 is 1.19 bits per heavy atom. The van der Waals surface area contributed by atoms with Crippen molar-refractivity contribution in [3.05, 3.63) is 82.4 Å². The van der Waals surface area contributed by atoms with Crippen molar-refractivity contribution in [1.29, 1.82) is 0 Å². The normalized spacial score (nSPS) is 27.4. The van der Waals surface area contributed by atoms with Gasteiger partial charge in [0.25, 0.3) is 0 Å². The number of aliphatic hydroxyl groups is 1. The zero-order chi connectivity index (χ0) is 22.9. The number of benzene rings is 2. The topological polar surface area (TPSA) is 49.3 Å². The van der Waals surface area contributed by atoms with E-state index < -0.39 is 11.0 Å². The highest BCUT2D eigenvalue weighted by atomic mass is 35.5. The maximum absolute atomic E-state index is 13.4. The largest absolute Gasteiger partial charge is 0.385 e.